The molecule has 4 rings (SSSR count). The first kappa shape index (κ1) is 18.1. The van der Waals surface area contributed by atoms with Crippen LogP contribution in [0.5, 0.6) is 11.5 Å². The van der Waals surface area contributed by atoms with Gasteiger partial charge in [-0.25, -0.2) is 0 Å². The van der Waals surface area contributed by atoms with Gasteiger partial charge in [0.05, 0.1) is 31.5 Å². The van der Waals surface area contributed by atoms with Gasteiger partial charge in [-0.2, -0.15) is 0 Å². The summed E-state index contributed by atoms with van der Waals surface area (Å²) in [5, 5.41) is 9.89. The van der Waals surface area contributed by atoms with Crippen molar-refractivity contribution in [1.29, 1.82) is 0 Å². The molecule has 1 aliphatic heterocycles. The van der Waals surface area contributed by atoms with Crippen LogP contribution in [0.25, 0.3) is 0 Å². The maximum Gasteiger partial charge on any atom is 0.122 e. The Kier molecular flexibility index (Phi) is 5.42. The molecule has 1 aromatic rings. The number of fused-ring (bicyclic) bond motifs is 1. The predicted octanol–water partition coefficient (Wildman–Crippen LogP) is 4.05. The summed E-state index contributed by atoms with van der Waals surface area (Å²) in [6.07, 6.45) is 6.01. The fraction of sp³-hybridized carbons (Fsp3) is 0.727. The first-order valence-electron chi connectivity index (χ1n) is 10.3. The molecule has 0 amide bonds. The van der Waals surface area contributed by atoms with Crippen LogP contribution in [0.4, 0.5) is 0 Å². The molecule has 1 N–H and O–H groups in total. The fourth-order valence-corrected chi connectivity index (χ4v) is 4.60. The number of ether oxygens (including phenoxy) is 3. The van der Waals surface area contributed by atoms with E-state index in [4.69, 9.17) is 14.2 Å². The zero-order chi connectivity index (χ0) is 18.1. The van der Waals surface area contributed by atoms with Crippen LogP contribution in [-0.4, -0.2) is 36.6 Å². The lowest BCUT2D eigenvalue weighted by molar-refractivity contribution is 0.0519. The molecule has 4 heteroatoms. The largest absolute Gasteiger partial charge is 0.493 e. The highest BCUT2D eigenvalue weighted by Gasteiger charge is 2.47. The van der Waals surface area contributed by atoms with Crippen LogP contribution >= 0.6 is 0 Å². The third kappa shape index (κ3) is 4.34. The topological polar surface area (TPSA) is 51.2 Å². The molecule has 1 aromatic carbocycles. The number of benzene rings is 1. The van der Waals surface area contributed by atoms with Gasteiger partial charge in [0.2, 0.25) is 0 Å². The molecule has 7 atom stereocenters. The third-order valence-corrected chi connectivity index (χ3v) is 6.70. The van der Waals surface area contributed by atoms with E-state index in [1.807, 2.05) is 24.3 Å². The molecule has 144 valence electrons. The van der Waals surface area contributed by atoms with Crippen LogP contribution in [0.3, 0.4) is 0 Å². The second kappa shape index (κ2) is 7.77. The summed E-state index contributed by atoms with van der Waals surface area (Å²) in [6, 6.07) is 7.98. The van der Waals surface area contributed by atoms with Gasteiger partial charge in [0.25, 0.3) is 0 Å². The summed E-state index contributed by atoms with van der Waals surface area (Å²) >= 11 is 0. The van der Waals surface area contributed by atoms with E-state index < -0.39 is 0 Å². The molecule has 0 radical (unpaired) electrons. The molecular formula is C22H32O4. The summed E-state index contributed by atoms with van der Waals surface area (Å²) in [5.74, 6) is 4.02. The number of rotatable bonds is 6. The van der Waals surface area contributed by atoms with Gasteiger partial charge in [-0.1, -0.05) is 19.9 Å². The Morgan fingerprint density at radius 2 is 1.58 bits per heavy atom. The van der Waals surface area contributed by atoms with Crippen molar-refractivity contribution in [2.75, 3.05) is 13.2 Å². The van der Waals surface area contributed by atoms with Crippen molar-refractivity contribution in [3.63, 3.8) is 0 Å². The summed E-state index contributed by atoms with van der Waals surface area (Å²) in [6.45, 7) is 5.99. The molecule has 2 saturated carbocycles. The average molecular weight is 360 g/mol. The normalized spacial score (nSPS) is 39.1. The van der Waals surface area contributed by atoms with E-state index in [2.05, 4.69) is 13.8 Å². The minimum absolute atomic E-state index is 0.165. The summed E-state index contributed by atoms with van der Waals surface area (Å²) in [5.41, 5.74) is 0. The number of aliphatic hydroxyl groups is 1. The van der Waals surface area contributed by atoms with E-state index in [0.29, 0.717) is 42.5 Å². The van der Waals surface area contributed by atoms with Crippen molar-refractivity contribution in [2.45, 2.75) is 64.3 Å². The molecule has 7 unspecified atom stereocenters. The molecular weight excluding hydrogens is 328 g/mol. The Morgan fingerprint density at radius 1 is 0.923 bits per heavy atom. The van der Waals surface area contributed by atoms with Gasteiger partial charge in [-0.15, -0.1) is 0 Å². The zero-order valence-electron chi connectivity index (χ0n) is 16.0. The van der Waals surface area contributed by atoms with E-state index in [9.17, 15) is 5.11 Å². The summed E-state index contributed by atoms with van der Waals surface area (Å²) in [7, 11) is 0. The summed E-state index contributed by atoms with van der Waals surface area (Å²) in [4.78, 5) is 0. The molecule has 0 aromatic heterocycles. The van der Waals surface area contributed by atoms with E-state index in [1.54, 1.807) is 0 Å². The lowest BCUT2D eigenvalue weighted by Gasteiger charge is -2.31. The van der Waals surface area contributed by atoms with Gasteiger partial charge in [-0.3, -0.25) is 0 Å². The van der Waals surface area contributed by atoms with Gasteiger partial charge in [0, 0.05) is 6.07 Å². The van der Waals surface area contributed by atoms with Gasteiger partial charge in [0.1, 0.15) is 11.5 Å². The molecule has 0 spiro atoms. The quantitative estimate of drug-likeness (QED) is 0.778. The van der Waals surface area contributed by atoms with Crippen molar-refractivity contribution in [2.24, 2.45) is 23.7 Å². The number of epoxide rings is 1. The van der Waals surface area contributed by atoms with E-state index in [1.165, 1.54) is 6.42 Å². The number of aliphatic hydroxyl groups excluding tert-OH is 1. The van der Waals surface area contributed by atoms with Gasteiger partial charge < -0.3 is 19.3 Å². The Balaban J connectivity index is 1.27. The SMILES string of the molecule is CC1CCC(O)CC1COc1cccc(OCC2CC3OC3CC2C)c1. The second-order valence-electron chi connectivity index (χ2n) is 8.72. The van der Waals surface area contributed by atoms with Crippen LogP contribution < -0.4 is 9.47 Å². The maximum absolute atomic E-state index is 9.89. The molecule has 1 saturated heterocycles. The fourth-order valence-electron chi connectivity index (χ4n) is 4.60. The van der Waals surface area contributed by atoms with Crippen molar-refractivity contribution >= 4 is 0 Å². The van der Waals surface area contributed by atoms with Crippen LogP contribution in [0.2, 0.25) is 0 Å². The number of hydrogen-bond donors (Lipinski definition) is 1. The molecule has 1 heterocycles. The van der Waals surface area contributed by atoms with E-state index >= 15 is 0 Å². The van der Waals surface area contributed by atoms with Crippen LogP contribution in [-0.2, 0) is 4.74 Å². The van der Waals surface area contributed by atoms with Gasteiger partial charge >= 0.3 is 0 Å². The molecule has 2 aliphatic carbocycles. The van der Waals surface area contributed by atoms with Crippen LogP contribution in [0, 0.1) is 23.7 Å². The minimum Gasteiger partial charge on any atom is -0.493 e. The Morgan fingerprint density at radius 3 is 2.31 bits per heavy atom. The van der Waals surface area contributed by atoms with E-state index in [-0.39, 0.29) is 6.10 Å². The first-order chi connectivity index (χ1) is 12.6. The molecule has 3 fully saturated rings. The molecule has 3 aliphatic rings. The second-order valence-corrected chi connectivity index (χ2v) is 8.72. The Bertz CT molecular complexity index is 578. The predicted molar refractivity (Wildman–Crippen MR) is 100 cm³/mol. The molecule has 0 bridgehead atoms. The Labute approximate surface area is 156 Å². The first-order valence-corrected chi connectivity index (χ1v) is 10.3. The number of hydrogen-bond acceptors (Lipinski definition) is 4. The lowest BCUT2D eigenvalue weighted by Crippen LogP contribution is -2.30. The highest BCUT2D eigenvalue weighted by Crippen LogP contribution is 2.42. The smallest absolute Gasteiger partial charge is 0.122 e. The Hall–Kier alpha value is -1.26. The van der Waals surface area contributed by atoms with E-state index in [0.717, 1.165) is 43.8 Å². The zero-order valence-corrected chi connectivity index (χ0v) is 16.0. The third-order valence-electron chi connectivity index (χ3n) is 6.70. The van der Waals surface area contributed by atoms with Gasteiger partial charge in [-0.05, 0) is 67.9 Å². The van der Waals surface area contributed by atoms with Crippen molar-refractivity contribution in [3.8, 4) is 11.5 Å². The van der Waals surface area contributed by atoms with Crippen molar-refractivity contribution < 1.29 is 19.3 Å². The lowest BCUT2D eigenvalue weighted by atomic mass is 9.79. The standard InChI is InChI=1S/C22H32O4/c1-14-6-7-18(23)9-16(14)12-24-19-4-3-5-20(11-19)25-13-17-10-22-21(26-22)8-15(17)2/h3-5,11,14-18,21-23H,6-10,12-13H2,1-2H3. The molecule has 4 nitrogen and oxygen atoms in total. The van der Waals surface area contributed by atoms with Crippen LogP contribution in [0.15, 0.2) is 24.3 Å². The van der Waals surface area contributed by atoms with Crippen molar-refractivity contribution in [1.82, 2.24) is 0 Å². The highest BCUT2D eigenvalue weighted by molar-refractivity contribution is 5.33. The summed E-state index contributed by atoms with van der Waals surface area (Å²) < 4.78 is 17.8. The average Bonchev–Trinajstić information content (AvgIpc) is 3.39. The minimum atomic E-state index is -0.165. The van der Waals surface area contributed by atoms with Crippen LogP contribution in [0.1, 0.15) is 46.0 Å². The monoisotopic (exact) mass is 360 g/mol. The highest BCUT2D eigenvalue weighted by atomic mass is 16.6. The van der Waals surface area contributed by atoms with Crippen molar-refractivity contribution in [3.05, 3.63) is 24.3 Å². The maximum atomic E-state index is 9.89. The van der Waals surface area contributed by atoms with Gasteiger partial charge in [0.15, 0.2) is 0 Å². The molecule has 26 heavy (non-hydrogen) atoms.